The molecule has 4 aromatic carbocycles. The Balaban J connectivity index is 0.000000175. The Kier molecular flexibility index (Phi) is 13.1. The van der Waals surface area contributed by atoms with E-state index in [1.807, 2.05) is 103 Å². The van der Waals surface area contributed by atoms with Gasteiger partial charge >= 0.3 is 12.1 Å². The van der Waals surface area contributed by atoms with Crippen LogP contribution in [0.5, 0.6) is 0 Å². The molecule has 4 aromatic heterocycles. The quantitative estimate of drug-likeness (QED) is 0.131. The fourth-order valence-corrected chi connectivity index (χ4v) is 5.50. The minimum absolute atomic E-state index is 0.250. The van der Waals surface area contributed by atoms with Crippen molar-refractivity contribution < 1.29 is 19.1 Å². The van der Waals surface area contributed by atoms with Crippen LogP contribution in [0.2, 0.25) is 5.15 Å². The van der Waals surface area contributed by atoms with E-state index in [0.29, 0.717) is 28.2 Å². The summed E-state index contributed by atoms with van der Waals surface area (Å²) in [5.74, 6) is 3.29. The molecule has 8 aromatic rings. The molecule has 0 aliphatic carbocycles. The average molecular weight is 755 g/mol. The third kappa shape index (κ3) is 9.99. The summed E-state index contributed by atoms with van der Waals surface area (Å²) in [6.07, 6.45) is 6.78. The first-order valence-electron chi connectivity index (χ1n) is 16.6. The molecular weight excluding hydrogens is 720 g/mol. The number of rotatable bonds is 5. The van der Waals surface area contributed by atoms with Gasteiger partial charge in [-0.15, -0.1) is 0 Å². The van der Waals surface area contributed by atoms with Crippen LogP contribution in [0.25, 0.3) is 33.7 Å². The van der Waals surface area contributed by atoms with Gasteiger partial charge in [0.25, 0.3) is 0 Å². The van der Waals surface area contributed by atoms with Crippen LogP contribution in [-0.4, -0.2) is 58.3 Å². The Morgan fingerprint density at radius 1 is 0.691 bits per heavy atom. The molecular formula is C40H35ClN10O4. The highest BCUT2D eigenvalue weighted by atomic mass is 35.5. The number of nitrogens with zero attached hydrogens (tertiary/aromatic N) is 8. The molecule has 0 amide bonds. The summed E-state index contributed by atoms with van der Waals surface area (Å²) in [7, 11) is 1.36. The molecule has 0 aliphatic rings. The number of aromatic nitrogens is 8. The molecule has 8 rings (SSSR count). The Morgan fingerprint density at radius 2 is 1.20 bits per heavy atom. The lowest BCUT2D eigenvalue weighted by molar-refractivity contribution is -0.191. The Hall–Kier alpha value is -7.28. The van der Waals surface area contributed by atoms with Crippen molar-refractivity contribution in [1.82, 2.24) is 39.0 Å². The number of halogens is 1. The van der Waals surface area contributed by atoms with Crippen molar-refractivity contribution in [3.63, 3.8) is 0 Å². The molecule has 0 fully saturated rings. The SMILES string of the molecule is COC(=O)c1ccc(Nc2cncc(-n3c(C)nc4ccccc43)n2)cc1.Cc1ccc(N)cc1.Cc1nc2ccccc2n1-c1cncc(Cl)n1.O=C=O. The van der Waals surface area contributed by atoms with Crippen LogP contribution in [-0.2, 0) is 14.3 Å². The fraction of sp³-hybridized carbons (Fsp3) is 0.100. The number of anilines is 3. The monoisotopic (exact) mass is 754 g/mol. The second-order valence-corrected chi connectivity index (χ2v) is 12.0. The maximum atomic E-state index is 11.5. The molecule has 4 heterocycles. The van der Waals surface area contributed by atoms with Crippen LogP contribution in [0.1, 0.15) is 27.6 Å². The van der Waals surface area contributed by atoms with Crippen molar-refractivity contribution in [3.8, 4) is 11.6 Å². The zero-order chi connectivity index (χ0) is 39.3. The summed E-state index contributed by atoms with van der Waals surface area (Å²) < 4.78 is 8.61. The number of fused-ring (bicyclic) bond motifs is 2. The van der Waals surface area contributed by atoms with E-state index in [-0.39, 0.29) is 12.1 Å². The molecule has 3 N–H and O–H groups in total. The van der Waals surface area contributed by atoms with Crippen molar-refractivity contribution in [2.45, 2.75) is 20.8 Å². The van der Waals surface area contributed by atoms with Crippen LogP contribution in [0, 0.1) is 20.8 Å². The highest BCUT2D eigenvalue weighted by molar-refractivity contribution is 6.29. The second-order valence-electron chi connectivity index (χ2n) is 11.6. The van der Waals surface area contributed by atoms with Crippen LogP contribution in [0.4, 0.5) is 17.2 Å². The standard InChI is InChI=1S/C20H17N5O2.C12H9ClN4.C7H9N.CO2/c1-13-22-16-5-3-4-6-17(16)25(13)19-12-21-11-18(24-19)23-15-9-7-14(8-10-15)20(26)27-2;1-8-15-9-4-2-3-5-10(9)17(8)12-7-14-6-11(13)16-12;1-6-2-4-7(8)5-3-6;2-1-3/h3-12H,1-2H3,(H,23,24);2-7H,1H3;2-5H,8H2,1H3;. The number of carbonyl (C=O) groups excluding carboxylic acids is 3. The smallest absolute Gasteiger partial charge is 0.373 e. The van der Waals surface area contributed by atoms with E-state index in [1.54, 1.807) is 42.9 Å². The van der Waals surface area contributed by atoms with Gasteiger partial charge in [-0.3, -0.25) is 19.1 Å². The van der Waals surface area contributed by atoms with Gasteiger partial charge in [-0.2, -0.15) is 9.59 Å². The maximum absolute atomic E-state index is 11.5. The lowest BCUT2D eigenvalue weighted by Gasteiger charge is -2.09. The van der Waals surface area contributed by atoms with Crippen LogP contribution < -0.4 is 11.1 Å². The number of esters is 1. The number of nitrogens with two attached hydrogens (primary N) is 1. The summed E-state index contributed by atoms with van der Waals surface area (Å²) in [4.78, 5) is 54.1. The Labute approximate surface area is 320 Å². The molecule has 0 unspecified atom stereocenters. The number of nitrogens with one attached hydrogen (secondary N) is 1. The number of hydrogen-bond acceptors (Lipinski definition) is 12. The molecule has 276 valence electrons. The predicted molar refractivity (Wildman–Crippen MR) is 209 cm³/mol. The van der Waals surface area contributed by atoms with Crippen molar-refractivity contribution in [2.24, 2.45) is 0 Å². The van der Waals surface area contributed by atoms with E-state index in [2.05, 4.69) is 35.2 Å². The van der Waals surface area contributed by atoms with Gasteiger partial charge in [0.1, 0.15) is 16.8 Å². The molecule has 15 heteroatoms. The molecule has 0 aliphatic heterocycles. The van der Waals surface area contributed by atoms with Gasteiger partial charge in [-0.1, -0.05) is 53.6 Å². The molecule has 0 saturated carbocycles. The van der Waals surface area contributed by atoms with Gasteiger partial charge < -0.3 is 15.8 Å². The number of methoxy groups -OCH3 is 1. The summed E-state index contributed by atoms with van der Waals surface area (Å²) in [6, 6.07) is 30.6. The molecule has 0 saturated heterocycles. The maximum Gasteiger partial charge on any atom is 0.373 e. The van der Waals surface area contributed by atoms with E-state index in [0.717, 1.165) is 45.1 Å². The first-order chi connectivity index (χ1) is 26.6. The van der Waals surface area contributed by atoms with E-state index < -0.39 is 0 Å². The number of para-hydroxylation sites is 4. The molecule has 0 atom stereocenters. The normalized spacial score (nSPS) is 10.1. The zero-order valence-corrected chi connectivity index (χ0v) is 31.0. The van der Waals surface area contributed by atoms with Gasteiger partial charge in [0.2, 0.25) is 0 Å². The number of benzene rings is 4. The fourth-order valence-electron chi connectivity index (χ4n) is 5.36. The van der Waals surface area contributed by atoms with Crippen LogP contribution >= 0.6 is 11.6 Å². The summed E-state index contributed by atoms with van der Waals surface area (Å²) in [5, 5.41) is 3.57. The molecule has 0 spiro atoms. The van der Waals surface area contributed by atoms with Gasteiger partial charge in [-0.25, -0.2) is 24.7 Å². The number of nitrogen functional groups attached to an aromatic ring is 1. The summed E-state index contributed by atoms with van der Waals surface area (Å²) >= 11 is 5.86. The predicted octanol–water partition coefficient (Wildman–Crippen LogP) is 7.43. The van der Waals surface area contributed by atoms with Crippen molar-refractivity contribution in [3.05, 3.63) is 150 Å². The van der Waals surface area contributed by atoms with E-state index in [1.165, 1.54) is 18.9 Å². The van der Waals surface area contributed by atoms with Gasteiger partial charge in [0.05, 0.1) is 59.5 Å². The molecule has 0 bridgehead atoms. The van der Waals surface area contributed by atoms with Crippen molar-refractivity contribution >= 4 is 63.0 Å². The second kappa shape index (κ2) is 18.5. The number of ether oxygens (including phenoxy) is 1. The topological polar surface area (TPSA) is 186 Å². The van der Waals surface area contributed by atoms with Gasteiger partial charge in [0, 0.05) is 11.4 Å². The largest absolute Gasteiger partial charge is 0.465 e. The third-order valence-corrected chi connectivity index (χ3v) is 7.97. The van der Waals surface area contributed by atoms with Crippen molar-refractivity contribution in [1.29, 1.82) is 0 Å². The Morgan fingerprint density at radius 3 is 1.71 bits per heavy atom. The lowest BCUT2D eigenvalue weighted by Crippen LogP contribution is -2.04. The third-order valence-electron chi connectivity index (χ3n) is 7.79. The molecule has 14 nitrogen and oxygen atoms in total. The highest BCUT2D eigenvalue weighted by Gasteiger charge is 2.12. The summed E-state index contributed by atoms with van der Waals surface area (Å²) in [5.41, 5.74) is 12.6. The summed E-state index contributed by atoms with van der Waals surface area (Å²) in [6.45, 7) is 5.91. The molecule has 0 radical (unpaired) electrons. The number of hydrogen-bond donors (Lipinski definition) is 2. The number of carbonyl (C=O) groups is 1. The first-order valence-corrected chi connectivity index (χ1v) is 16.9. The average Bonchev–Trinajstić information content (AvgIpc) is 3.72. The van der Waals surface area contributed by atoms with E-state index >= 15 is 0 Å². The Bertz CT molecular complexity index is 2540. The van der Waals surface area contributed by atoms with E-state index in [4.69, 9.17) is 31.7 Å². The van der Waals surface area contributed by atoms with Gasteiger partial charge in [-0.05, 0) is 81.4 Å². The van der Waals surface area contributed by atoms with Crippen LogP contribution in [0.15, 0.2) is 122 Å². The highest BCUT2D eigenvalue weighted by Crippen LogP contribution is 2.22. The van der Waals surface area contributed by atoms with Crippen LogP contribution in [0.3, 0.4) is 0 Å². The lowest BCUT2D eigenvalue weighted by atomic mass is 10.2. The van der Waals surface area contributed by atoms with E-state index in [9.17, 15) is 4.79 Å². The van der Waals surface area contributed by atoms with Crippen molar-refractivity contribution in [2.75, 3.05) is 18.2 Å². The minimum Gasteiger partial charge on any atom is -0.465 e. The molecule has 55 heavy (non-hydrogen) atoms. The zero-order valence-electron chi connectivity index (χ0n) is 30.2. The first kappa shape index (κ1) is 38.9. The number of imidazole rings is 2. The number of aryl methyl sites for hydroxylation is 3. The minimum atomic E-state index is -0.370. The van der Waals surface area contributed by atoms with Gasteiger partial charge in [0.15, 0.2) is 17.5 Å².